The maximum absolute atomic E-state index is 4.73. The molecule has 0 aromatic heterocycles. The van der Waals surface area contributed by atoms with Gasteiger partial charge in [-0.25, -0.2) is 0 Å². The summed E-state index contributed by atoms with van der Waals surface area (Å²) >= 11 is 1.73. The molecular weight excluding hydrogens is 304 g/mol. The van der Waals surface area contributed by atoms with Gasteiger partial charge in [-0.1, -0.05) is 48.2 Å². The van der Waals surface area contributed by atoms with Crippen LogP contribution in [0.3, 0.4) is 0 Å². The van der Waals surface area contributed by atoms with E-state index in [0.29, 0.717) is 0 Å². The van der Waals surface area contributed by atoms with Gasteiger partial charge in [-0.05, 0) is 24.3 Å². The molecule has 0 fully saturated rings. The lowest BCUT2D eigenvalue weighted by Gasteiger charge is -2.12. The SMILES string of the molecule is c1ccc(N2CCC(SC3=NN(c4ccccc4)CC3)=N2)cc1. The predicted molar refractivity (Wildman–Crippen MR) is 99.3 cm³/mol. The Bertz CT molecular complexity index is 664. The second-order valence-electron chi connectivity index (χ2n) is 5.51. The van der Waals surface area contributed by atoms with E-state index in [1.54, 1.807) is 11.8 Å². The Morgan fingerprint density at radius 1 is 0.652 bits per heavy atom. The van der Waals surface area contributed by atoms with E-state index in [4.69, 9.17) is 10.2 Å². The molecule has 0 radical (unpaired) electrons. The lowest BCUT2D eigenvalue weighted by molar-refractivity contribution is 0.922. The fraction of sp³-hybridized carbons (Fsp3) is 0.222. The van der Waals surface area contributed by atoms with Crippen LogP contribution in [0.15, 0.2) is 70.9 Å². The van der Waals surface area contributed by atoms with Crippen LogP contribution in [-0.4, -0.2) is 23.2 Å². The standard InChI is InChI=1S/C18H18N4S/c1-3-7-15(8-4-1)21-13-11-17(19-21)23-18-12-14-22(20-18)16-9-5-2-6-10-16/h1-10H,11-14H2. The lowest BCUT2D eigenvalue weighted by atomic mass is 10.3. The van der Waals surface area contributed by atoms with Crippen molar-refractivity contribution in [1.82, 2.24) is 0 Å². The van der Waals surface area contributed by atoms with E-state index >= 15 is 0 Å². The van der Waals surface area contributed by atoms with Crippen LogP contribution in [-0.2, 0) is 0 Å². The molecule has 0 atom stereocenters. The molecule has 2 heterocycles. The lowest BCUT2D eigenvalue weighted by Crippen LogP contribution is -2.11. The van der Waals surface area contributed by atoms with Crippen molar-refractivity contribution in [2.45, 2.75) is 12.8 Å². The molecule has 116 valence electrons. The predicted octanol–water partition coefficient (Wildman–Crippen LogP) is 4.17. The summed E-state index contributed by atoms with van der Waals surface area (Å²) in [5.74, 6) is 0. The van der Waals surface area contributed by atoms with Crippen LogP contribution in [0.2, 0.25) is 0 Å². The highest BCUT2D eigenvalue weighted by Crippen LogP contribution is 2.27. The van der Waals surface area contributed by atoms with E-state index in [1.807, 2.05) is 12.1 Å². The zero-order valence-electron chi connectivity index (χ0n) is 12.8. The van der Waals surface area contributed by atoms with Gasteiger partial charge in [-0.15, -0.1) is 0 Å². The minimum Gasteiger partial charge on any atom is -0.264 e. The highest BCUT2D eigenvalue weighted by atomic mass is 32.2. The molecule has 0 aliphatic carbocycles. The number of nitrogens with zero attached hydrogens (tertiary/aromatic N) is 4. The molecule has 0 spiro atoms. The number of hydrogen-bond donors (Lipinski definition) is 0. The maximum Gasteiger partial charge on any atom is 0.102 e. The normalized spacial score (nSPS) is 17.4. The largest absolute Gasteiger partial charge is 0.264 e. The molecule has 4 rings (SSSR count). The molecule has 0 saturated carbocycles. The Hall–Kier alpha value is -2.27. The number of para-hydroxylation sites is 2. The second-order valence-corrected chi connectivity index (χ2v) is 6.65. The molecular formula is C18H18N4S. The van der Waals surface area contributed by atoms with Crippen molar-refractivity contribution in [3.05, 3.63) is 60.7 Å². The van der Waals surface area contributed by atoms with Gasteiger partial charge >= 0.3 is 0 Å². The van der Waals surface area contributed by atoms with Crippen molar-refractivity contribution in [2.24, 2.45) is 10.2 Å². The van der Waals surface area contributed by atoms with E-state index in [9.17, 15) is 0 Å². The summed E-state index contributed by atoms with van der Waals surface area (Å²) in [4.78, 5) is 0. The Morgan fingerprint density at radius 3 is 1.52 bits per heavy atom. The first-order valence-electron chi connectivity index (χ1n) is 7.86. The van der Waals surface area contributed by atoms with E-state index in [0.717, 1.165) is 47.4 Å². The topological polar surface area (TPSA) is 31.2 Å². The Balaban J connectivity index is 1.43. The molecule has 2 aliphatic rings. The second kappa shape index (κ2) is 6.46. The number of thioether (sulfide) groups is 1. The highest BCUT2D eigenvalue weighted by molar-refractivity contribution is 8.26. The van der Waals surface area contributed by atoms with Crippen molar-refractivity contribution in [2.75, 3.05) is 23.1 Å². The van der Waals surface area contributed by atoms with Gasteiger partial charge in [-0.2, -0.15) is 10.2 Å². The average molecular weight is 322 g/mol. The molecule has 0 bridgehead atoms. The van der Waals surface area contributed by atoms with Gasteiger partial charge in [-0.3, -0.25) is 10.0 Å². The third kappa shape index (κ3) is 3.24. The number of rotatable bonds is 2. The minimum absolute atomic E-state index is 0.946. The maximum atomic E-state index is 4.73. The summed E-state index contributed by atoms with van der Waals surface area (Å²) in [6, 6.07) is 20.7. The summed E-state index contributed by atoms with van der Waals surface area (Å²) in [6.45, 7) is 1.89. The Kier molecular flexibility index (Phi) is 4.03. The van der Waals surface area contributed by atoms with Gasteiger partial charge in [0, 0.05) is 25.9 Å². The van der Waals surface area contributed by atoms with Crippen molar-refractivity contribution >= 4 is 33.2 Å². The van der Waals surface area contributed by atoms with Crippen molar-refractivity contribution < 1.29 is 0 Å². The third-order valence-electron chi connectivity index (χ3n) is 3.88. The summed E-state index contributed by atoms with van der Waals surface area (Å²) in [5.41, 5.74) is 2.31. The first-order valence-corrected chi connectivity index (χ1v) is 8.68. The average Bonchev–Trinajstić information content (AvgIpc) is 3.27. The van der Waals surface area contributed by atoms with E-state index in [1.165, 1.54) is 0 Å². The fourth-order valence-electron chi connectivity index (χ4n) is 2.73. The molecule has 23 heavy (non-hydrogen) atoms. The quantitative estimate of drug-likeness (QED) is 0.831. The van der Waals surface area contributed by atoms with E-state index < -0.39 is 0 Å². The van der Waals surface area contributed by atoms with Crippen molar-refractivity contribution in [1.29, 1.82) is 0 Å². The first kappa shape index (κ1) is 14.3. The van der Waals surface area contributed by atoms with Crippen LogP contribution in [0.1, 0.15) is 12.8 Å². The van der Waals surface area contributed by atoms with Crippen molar-refractivity contribution in [3.8, 4) is 0 Å². The molecule has 0 saturated heterocycles. The third-order valence-corrected chi connectivity index (χ3v) is 4.93. The van der Waals surface area contributed by atoms with Crippen LogP contribution in [0.5, 0.6) is 0 Å². The van der Waals surface area contributed by atoms with E-state index in [2.05, 4.69) is 58.5 Å². The highest BCUT2D eigenvalue weighted by Gasteiger charge is 2.22. The molecule has 0 amide bonds. The molecule has 4 nitrogen and oxygen atoms in total. The van der Waals surface area contributed by atoms with Crippen molar-refractivity contribution in [3.63, 3.8) is 0 Å². The Morgan fingerprint density at radius 2 is 1.09 bits per heavy atom. The van der Waals surface area contributed by atoms with Gasteiger partial charge < -0.3 is 0 Å². The van der Waals surface area contributed by atoms with Gasteiger partial charge in [0.25, 0.3) is 0 Å². The monoisotopic (exact) mass is 322 g/mol. The van der Waals surface area contributed by atoms with Gasteiger partial charge in [0.1, 0.15) is 10.1 Å². The van der Waals surface area contributed by atoms with Crippen LogP contribution in [0, 0.1) is 0 Å². The summed E-state index contributed by atoms with van der Waals surface area (Å²) in [6.07, 6.45) is 1.98. The van der Waals surface area contributed by atoms with Gasteiger partial charge in [0.15, 0.2) is 0 Å². The molecule has 2 aromatic carbocycles. The number of anilines is 2. The van der Waals surface area contributed by atoms with Gasteiger partial charge in [0.2, 0.25) is 0 Å². The van der Waals surface area contributed by atoms with Crippen LogP contribution >= 0.6 is 11.8 Å². The van der Waals surface area contributed by atoms with E-state index in [-0.39, 0.29) is 0 Å². The minimum atomic E-state index is 0.946. The van der Waals surface area contributed by atoms with Crippen LogP contribution in [0.4, 0.5) is 11.4 Å². The molecule has 0 unspecified atom stereocenters. The smallest absolute Gasteiger partial charge is 0.102 e. The molecule has 5 heteroatoms. The zero-order chi connectivity index (χ0) is 15.5. The Labute approximate surface area is 140 Å². The van der Waals surface area contributed by atoms with Gasteiger partial charge in [0.05, 0.1) is 11.4 Å². The number of hydrogen-bond acceptors (Lipinski definition) is 5. The summed E-state index contributed by atoms with van der Waals surface area (Å²) in [5, 5.41) is 15.9. The summed E-state index contributed by atoms with van der Waals surface area (Å²) in [7, 11) is 0. The zero-order valence-corrected chi connectivity index (χ0v) is 13.6. The molecule has 0 N–H and O–H groups in total. The molecule has 2 aromatic rings. The number of benzene rings is 2. The summed E-state index contributed by atoms with van der Waals surface area (Å²) < 4.78 is 0. The fourth-order valence-corrected chi connectivity index (χ4v) is 3.66. The van der Waals surface area contributed by atoms with Crippen LogP contribution < -0.4 is 10.0 Å². The molecule has 2 aliphatic heterocycles. The number of hydrazone groups is 2. The van der Waals surface area contributed by atoms with Crippen LogP contribution in [0.25, 0.3) is 0 Å². The first-order chi connectivity index (χ1) is 11.4.